The molecule has 0 saturated heterocycles. The molecule has 0 atom stereocenters. The van der Waals surface area contributed by atoms with Crippen molar-refractivity contribution in [2.45, 2.75) is 50.6 Å². The summed E-state index contributed by atoms with van der Waals surface area (Å²) in [6.07, 6.45) is -3.91. The van der Waals surface area contributed by atoms with Gasteiger partial charge in [-0.1, -0.05) is 0 Å². The second-order valence-corrected chi connectivity index (χ2v) is 6.45. The number of nitrogens with two attached hydrogens (primary N) is 2. The maximum absolute atomic E-state index is 11.2. The maximum atomic E-state index is 11.2. The minimum Gasteiger partial charge on any atom is -1.00 e. The Morgan fingerprint density at radius 2 is 0.967 bits per heavy atom. The molecule has 0 radical (unpaired) electrons. The fourth-order valence-electron chi connectivity index (χ4n) is 4.08. The molecule has 144 valence electrons. The van der Waals surface area contributed by atoms with Gasteiger partial charge in [-0.2, -0.15) is 0 Å². The predicted molar refractivity (Wildman–Crippen MR) is 84.3 cm³/mol. The van der Waals surface area contributed by atoms with Gasteiger partial charge in [0.05, 0.1) is 5.66 Å². The molecule has 1 aliphatic rings. The molecule has 0 heterocycles. The van der Waals surface area contributed by atoms with E-state index in [1.165, 1.54) is 0 Å². The van der Waals surface area contributed by atoms with Gasteiger partial charge in [-0.05, 0) is 50.4 Å². The van der Waals surface area contributed by atoms with Crippen LogP contribution in [0.4, 0.5) is 0 Å². The zero-order chi connectivity index (χ0) is 18.8. The average molecular weight is 518 g/mol. The van der Waals surface area contributed by atoms with Crippen LogP contribution in [0, 0.1) is 10.8 Å². The van der Waals surface area contributed by atoms with E-state index in [4.69, 9.17) is 11.5 Å². The van der Waals surface area contributed by atoms with Crippen LogP contribution < -0.4 is 150 Å². The third kappa shape index (κ3) is 12.5. The van der Waals surface area contributed by atoms with Crippen molar-refractivity contribution in [1.29, 1.82) is 0 Å². The SMILES string of the molecule is NC1(N)CCCC(CC(=O)[O-])(CC(=O)[O-])C1(CC(=O)[O-])CC(=O)[O-].[Ca+2].[Ca+2].[H-].[H-].[H-].[H-].[Na+].[Na+].[Na+].[Na+]. The van der Waals surface area contributed by atoms with E-state index in [9.17, 15) is 39.6 Å². The van der Waals surface area contributed by atoms with Gasteiger partial charge in [-0.25, -0.2) is 0 Å². The van der Waals surface area contributed by atoms with E-state index in [0.717, 1.165) is 0 Å². The van der Waals surface area contributed by atoms with Crippen LogP contribution in [0.15, 0.2) is 0 Å². The topological polar surface area (TPSA) is 213 Å². The Balaban J connectivity index is -0.0000000720. The third-order valence-corrected chi connectivity index (χ3v) is 5.01. The standard InChI is InChI=1S/C14H22N2O8.2Ca.4Na.4H/c15-14(16)3-1-2-12(4-8(17)18,5-9(19)20)13(14,6-10(21)22)7-11(23)24;;;;;;;;;;/h1-7,15-16H2,(H,17,18)(H,19,20)(H,21,22)(H,23,24);;;;;;;;;;/q;2*+2;4*+1;4*-1/p-4. The Morgan fingerprint density at radius 1 is 0.667 bits per heavy atom. The predicted octanol–water partition coefficient (Wildman–Crippen LogP) is -18.0. The summed E-state index contributed by atoms with van der Waals surface area (Å²) in [7, 11) is 0. The van der Waals surface area contributed by atoms with E-state index in [-0.39, 0.29) is 219 Å². The van der Waals surface area contributed by atoms with Crippen LogP contribution in [0.5, 0.6) is 0 Å². The van der Waals surface area contributed by atoms with Crippen molar-refractivity contribution in [3.63, 3.8) is 0 Å². The van der Waals surface area contributed by atoms with Crippen molar-refractivity contribution < 1.29 is 164 Å². The van der Waals surface area contributed by atoms with Crippen molar-refractivity contribution >= 4 is 99.4 Å². The third-order valence-electron chi connectivity index (χ3n) is 5.01. The largest absolute Gasteiger partial charge is 2.00 e. The second kappa shape index (κ2) is 20.4. The number of rotatable bonds is 8. The first-order valence-electron chi connectivity index (χ1n) is 7.25. The monoisotopic (exact) mass is 518 g/mol. The molecule has 1 saturated carbocycles. The van der Waals surface area contributed by atoms with Crippen molar-refractivity contribution in [2.24, 2.45) is 22.3 Å². The molecule has 0 amide bonds. The van der Waals surface area contributed by atoms with Crippen molar-refractivity contribution in [3.8, 4) is 0 Å². The van der Waals surface area contributed by atoms with Gasteiger partial charge in [-0.15, -0.1) is 0 Å². The second-order valence-electron chi connectivity index (χ2n) is 6.45. The fourth-order valence-corrected chi connectivity index (χ4v) is 4.08. The average Bonchev–Trinajstić information content (AvgIpc) is 2.32. The Hall–Kier alpha value is 4.32. The Kier molecular flexibility index (Phi) is 32.3. The molecule has 0 bridgehead atoms. The molecule has 10 nitrogen and oxygen atoms in total. The summed E-state index contributed by atoms with van der Waals surface area (Å²) in [4.78, 5) is 44.9. The molecule has 0 aromatic heterocycles. The smallest absolute Gasteiger partial charge is 1.00 e. The van der Waals surface area contributed by atoms with Crippen LogP contribution in [-0.4, -0.2) is 105 Å². The number of aliphatic carboxylic acids is 4. The molecule has 0 aliphatic heterocycles. The molecular weight excluding hydrogens is 496 g/mol. The van der Waals surface area contributed by atoms with E-state index >= 15 is 0 Å². The first-order chi connectivity index (χ1) is 10.9. The molecule has 0 unspecified atom stereocenters. The number of hydrogen-bond donors (Lipinski definition) is 2. The summed E-state index contributed by atoms with van der Waals surface area (Å²) >= 11 is 0. The van der Waals surface area contributed by atoms with E-state index in [2.05, 4.69) is 0 Å². The van der Waals surface area contributed by atoms with Gasteiger partial charge in [0.25, 0.3) is 0 Å². The molecule has 1 rings (SSSR count). The van der Waals surface area contributed by atoms with Gasteiger partial charge in [0.1, 0.15) is 0 Å². The van der Waals surface area contributed by atoms with Crippen molar-refractivity contribution in [2.75, 3.05) is 0 Å². The number of carboxylic acids is 4. The van der Waals surface area contributed by atoms with Gasteiger partial charge in [0, 0.05) is 29.3 Å². The van der Waals surface area contributed by atoms with E-state index in [1.807, 2.05) is 0 Å². The molecule has 0 aromatic carbocycles. The van der Waals surface area contributed by atoms with E-state index in [0.29, 0.717) is 0 Å². The number of carbonyl (C=O) groups excluding carboxylic acids is 4. The first-order valence-corrected chi connectivity index (χ1v) is 7.25. The first kappa shape index (κ1) is 47.5. The molecule has 1 aliphatic carbocycles. The zero-order valence-electron chi connectivity index (χ0n) is 22.3. The van der Waals surface area contributed by atoms with Crippen LogP contribution in [0.2, 0.25) is 0 Å². The van der Waals surface area contributed by atoms with Crippen molar-refractivity contribution in [1.82, 2.24) is 0 Å². The van der Waals surface area contributed by atoms with Crippen LogP contribution >= 0.6 is 0 Å². The Labute approximate surface area is 329 Å². The number of carboxylic acid groups (broad SMARTS) is 4. The van der Waals surface area contributed by atoms with Crippen LogP contribution in [0.3, 0.4) is 0 Å². The molecule has 16 heteroatoms. The molecule has 1 fully saturated rings. The van der Waals surface area contributed by atoms with Gasteiger partial charge in [-0.3, -0.25) is 0 Å². The summed E-state index contributed by atoms with van der Waals surface area (Å²) in [5, 5.41) is 44.9. The molecular formula is C14H22Ca2N2Na4O8. The van der Waals surface area contributed by atoms with Gasteiger partial charge >= 0.3 is 194 Å². The summed E-state index contributed by atoms with van der Waals surface area (Å²) in [5.74, 6) is -6.84. The fraction of sp³-hybridized carbons (Fsp3) is 0.714. The zero-order valence-corrected chi connectivity index (χ0v) is 30.7. The quantitative estimate of drug-likeness (QED) is 0.229. The van der Waals surface area contributed by atoms with Gasteiger partial charge in [0.2, 0.25) is 0 Å². The summed E-state index contributed by atoms with van der Waals surface area (Å²) in [6.45, 7) is 0. The van der Waals surface area contributed by atoms with Crippen LogP contribution in [0.1, 0.15) is 50.7 Å². The normalized spacial score (nSPS) is 16.7. The minimum atomic E-state index is -2.12. The maximum Gasteiger partial charge on any atom is 2.00 e. The molecule has 0 aromatic rings. The summed E-state index contributed by atoms with van der Waals surface area (Å²) in [5.41, 5.74) is 5.94. The summed E-state index contributed by atoms with van der Waals surface area (Å²) in [6, 6.07) is 0. The van der Waals surface area contributed by atoms with Gasteiger partial charge in [0.15, 0.2) is 0 Å². The molecule has 4 N–H and O–H groups in total. The van der Waals surface area contributed by atoms with Crippen LogP contribution in [0.25, 0.3) is 0 Å². The summed E-state index contributed by atoms with van der Waals surface area (Å²) < 4.78 is 0. The van der Waals surface area contributed by atoms with Crippen LogP contribution in [-0.2, 0) is 19.2 Å². The Bertz CT molecular complexity index is 570. The Morgan fingerprint density at radius 3 is 1.23 bits per heavy atom. The van der Waals surface area contributed by atoms with Crippen molar-refractivity contribution in [3.05, 3.63) is 0 Å². The number of hydrogen-bond acceptors (Lipinski definition) is 10. The minimum absolute atomic E-state index is 0. The number of carbonyl (C=O) groups is 4. The van der Waals surface area contributed by atoms with E-state index < -0.39 is 66.1 Å². The molecule has 0 spiro atoms. The molecule has 30 heavy (non-hydrogen) atoms. The van der Waals surface area contributed by atoms with E-state index in [1.54, 1.807) is 0 Å². The van der Waals surface area contributed by atoms with Gasteiger partial charge < -0.3 is 56.8 Å².